The van der Waals surface area contributed by atoms with Crippen LogP contribution < -0.4 is 5.32 Å². The largest absolute Gasteiger partial charge is 0.467 e. The quantitative estimate of drug-likeness (QED) is 0.837. The van der Waals surface area contributed by atoms with Gasteiger partial charge >= 0.3 is 5.97 Å². The minimum atomic E-state index is -0.625. The smallest absolute Gasteiger partial charge is 0.328 e. The molecule has 20 heavy (non-hydrogen) atoms. The average molecular weight is 342 g/mol. The Bertz CT molecular complexity index is 500. The molecule has 1 aromatic rings. The summed E-state index contributed by atoms with van der Waals surface area (Å²) < 4.78 is 5.44. The van der Waals surface area contributed by atoms with E-state index in [-0.39, 0.29) is 11.8 Å². The Morgan fingerprint density at radius 2 is 2.00 bits per heavy atom. The van der Waals surface area contributed by atoms with Gasteiger partial charge in [-0.25, -0.2) is 4.79 Å². The molecular formula is C15H20BrNO3. The Morgan fingerprint density at radius 3 is 2.55 bits per heavy atom. The van der Waals surface area contributed by atoms with Gasteiger partial charge in [-0.15, -0.1) is 0 Å². The van der Waals surface area contributed by atoms with Gasteiger partial charge in [-0.1, -0.05) is 25.5 Å². The summed E-state index contributed by atoms with van der Waals surface area (Å²) in [6.07, 6.45) is 0.544. The molecule has 0 aliphatic heterocycles. The number of benzene rings is 1. The molecule has 4 nitrogen and oxygen atoms in total. The van der Waals surface area contributed by atoms with Gasteiger partial charge in [-0.2, -0.15) is 0 Å². The molecular weight excluding hydrogens is 322 g/mol. The molecule has 0 aliphatic carbocycles. The number of hydrogen-bond acceptors (Lipinski definition) is 3. The van der Waals surface area contributed by atoms with Gasteiger partial charge in [0, 0.05) is 4.47 Å². The summed E-state index contributed by atoms with van der Waals surface area (Å²) in [4.78, 5) is 24.0. The summed E-state index contributed by atoms with van der Waals surface area (Å²) >= 11 is 3.35. The molecule has 0 radical (unpaired) electrons. The third-order valence-electron chi connectivity index (χ3n) is 2.86. The molecule has 0 fully saturated rings. The van der Waals surface area contributed by atoms with Gasteiger partial charge < -0.3 is 10.1 Å². The van der Waals surface area contributed by atoms with Gasteiger partial charge in [0.05, 0.1) is 12.7 Å². The number of rotatable bonds is 5. The number of halogens is 1. The molecule has 1 N–H and O–H groups in total. The minimum Gasteiger partial charge on any atom is -0.467 e. The van der Waals surface area contributed by atoms with Gasteiger partial charge in [0.25, 0.3) is 5.91 Å². The molecule has 0 saturated carbocycles. The van der Waals surface area contributed by atoms with Gasteiger partial charge in [-0.05, 0) is 47.3 Å². The number of nitrogens with one attached hydrogen (secondary N) is 1. The molecule has 5 heteroatoms. The lowest BCUT2D eigenvalue weighted by Crippen LogP contribution is -2.42. The molecule has 0 spiro atoms. The first kappa shape index (κ1) is 16.7. The zero-order valence-electron chi connectivity index (χ0n) is 12.2. The predicted octanol–water partition coefficient (Wildman–Crippen LogP) is 3.08. The third kappa shape index (κ3) is 4.63. The molecule has 0 saturated heterocycles. The van der Waals surface area contributed by atoms with Crippen LogP contribution in [0, 0.1) is 12.8 Å². The molecule has 1 atom stereocenters. The zero-order valence-corrected chi connectivity index (χ0v) is 13.8. The van der Waals surface area contributed by atoms with E-state index in [0.29, 0.717) is 16.5 Å². The molecule has 1 unspecified atom stereocenters. The summed E-state index contributed by atoms with van der Waals surface area (Å²) in [5.41, 5.74) is 1.50. The summed E-state index contributed by atoms with van der Waals surface area (Å²) in [6.45, 7) is 5.89. The topological polar surface area (TPSA) is 55.4 Å². The predicted molar refractivity (Wildman–Crippen MR) is 81.6 cm³/mol. The van der Waals surface area contributed by atoms with E-state index in [9.17, 15) is 9.59 Å². The van der Waals surface area contributed by atoms with E-state index in [1.165, 1.54) is 7.11 Å². The van der Waals surface area contributed by atoms with Gasteiger partial charge in [-0.3, -0.25) is 4.79 Å². The summed E-state index contributed by atoms with van der Waals surface area (Å²) in [6, 6.07) is 4.88. The van der Waals surface area contributed by atoms with E-state index >= 15 is 0 Å². The Morgan fingerprint density at radius 1 is 1.35 bits per heavy atom. The Kier molecular flexibility index (Phi) is 6.20. The van der Waals surface area contributed by atoms with Crippen molar-refractivity contribution in [1.82, 2.24) is 5.32 Å². The van der Waals surface area contributed by atoms with Crippen LogP contribution in [-0.4, -0.2) is 25.0 Å². The van der Waals surface area contributed by atoms with E-state index in [2.05, 4.69) is 21.2 Å². The normalized spacial score (nSPS) is 12.1. The number of methoxy groups -OCH3 is 1. The first-order valence-electron chi connectivity index (χ1n) is 6.50. The van der Waals surface area contributed by atoms with Gasteiger partial charge in [0.2, 0.25) is 0 Å². The highest BCUT2D eigenvalue weighted by molar-refractivity contribution is 9.10. The standard InChI is InChI=1S/C15H20BrNO3/c1-9(2)7-13(15(19)20-4)17-14(18)11-8-10(3)5-6-12(11)16/h5-6,8-9,13H,7H2,1-4H3,(H,17,18). The van der Waals surface area contributed by atoms with Crippen LogP contribution in [0.1, 0.15) is 36.2 Å². The van der Waals surface area contributed by atoms with E-state index in [1.807, 2.05) is 32.9 Å². The lowest BCUT2D eigenvalue weighted by Gasteiger charge is -2.18. The van der Waals surface area contributed by atoms with Crippen molar-refractivity contribution in [3.63, 3.8) is 0 Å². The van der Waals surface area contributed by atoms with Crippen molar-refractivity contribution in [2.24, 2.45) is 5.92 Å². The van der Waals surface area contributed by atoms with Crippen molar-refractivity contribution >= 4 is 27.8 Å². The fraction of sp³-hybridized carbons (Fsp3) is 0.467. The summed E-state index contributed by atoms with van der Waals surface area (Å²) in [5.74, 6) is -0.423. The Balaban J connectivity index is 2.90. The number of carbonyl (C=O) groups is 2. The molecule has 1 amide bonds. The monoisotopic (exact) mass is 341 g/mol. The third-order valence-corrected chi connectivity index (χ3v) is 3.56. The van der Waals surface area contributed by atoms with Crippen molar-refractivity contribution in [3.05, 3.63) is 33.8 Å². The van der Waals surface area contributed by atoms with Crippen molar-refractivity contribution in [2.45, 2.75) is 33.2 Å². The van der Waals surface area contributed by atoms with Crippen LogP contribution in [0.3, 0.4) is 0 Å². The van der Waals surface area contributed by atoms with Gasteiger partial charge in [0.1, 0.15) is 6.04 Å². The van der Waals surface area contributed by atoms with Crippen LogP contribution in [0.2, 0.25) is 0 Å². The first-order chi connectivity index (χ1) is 9.35. The van der Waals surface area contributed by atoms with Crippen LogP contribution >= 0.6 is 15.9 Å². The summed E-state index contributed by atoms with van der Waals surface area (Å²) in [7, 11) is 1.32. The molecule has 0 bridgehead atoms. The fourth-order valence-corrected chi connectivity index (χ4v) is 2.30. The van der Waals surface area contributed by atoms with Gasteiger partial charge in [0.15, 0.2) is 0 Å². The second-order valence-electron chi connectivity index (χ2n) is 5.16. The maximum absolute atomic E-state index is 12.3. The number of esters is 1. The molecule has 1 aromatic carbocycles. The maximum Gasteiger partial charge on any atom is 0.328 e. The minimum absolute atomic E-state index is 0.278. The van der Waals surface area contributed by atoms with E-state index in [4.69, 9.17) is 4.74 Å². The highest BCUT2D eigenvalue weighted by atomic mass is 79.9. The van der Waals surface area contributed by atoms with E-state index < -0.39 is 12.0 Å². The maximum atomic E-state index is 12.3. The SMILES string of the molecule is COC(=O)C(CC(C)C)NC(=O)c1cc(C)ccc1Br. The van der Waals surface area contributed by atoms with Crippen molar-refractivity contribution < 1.29 is 14.3 Å². The zero-order chi connectivity index (χ0) is 15.3. The average Bonchev–Trinajstić information content (AvgIpc) is 2.39. The first-order valence-corrected chi connectivity index (χ1v) is 7.29. The molecule has 0 heterocycles. The summed E-state index contributed by atoms with van der Waals surface area (Å²) in [5, 5.41) is 2.74. The Hall–Kier alpha value is -1.36. The molecule has 110 valence electrons. The van der Waals surface area contributed by atoms with Crippen molar-refractivity contribution in [3.8, 4) is 0 Å². The van der Waals surface area contributed by atoms with Crippen LogP contribution in [-0.2, 0) is 9.53 Å². The van der Waals surface area contributed by atoms with E-state index in [0.717, 1.165) is 5.56 Å². The van der Waals surface area contributed by atoms with Crippen LogP contribution in [0.15, 0.2) is 22.7 Å². The van der Waals surface area contributed by atoms with Crippen molar-refractivity contribution in [2.75, 3.05) is 7.11 Å². The Labute approximate surface area is 128 Å². The second-order valence-corrected chi connectivity index (χ2v) is 6.02. The van der Waals surface area contributed by atoms with Crippen LogP contribution in [0.25, 0.3) is 0 Å². The second kappa shape index (κ2) is 7.43. The van der Waals surface area contributed by atoms with E-state index in [1.54, 1.807) is 6.07 Å². The number of amides is 1. The highest BCUT2D eigenvalue weighted by Gasteiger charge is 2.23. The lowest BCUT2D eigenvalue weighted by atomic mass is 10.0. The number of aryl methyl sites for hydroxylation is 1. The van der Waals surface area contributed by atoms with Crippen LogP contribution in [0.4, 0.5) is 0 Å². The molecule has 1 rings (SSSR count). The molecule has 0 aromatic heterocycles. The lowest BCUT2D eigenvalue weighted by molar-refractivity contribution is -0.143. The highest BCUT2D eigenvalue weighted by Crippen LogP contribution is 2.18. The van der Waals surface area contributed by atoms with Crippen molar-refractivity contribution in [1.29, 1.82) is 0 Å². The van der Waals surface area contributed by atoms with Crippen LogP contribution in [0.5, 0.6) is 0 Å². The number of carbonyl (C=O) groups excluding carboxylic acids is 2. The fourth-order valence-electron chi connectivity index (χ4n) is 1.88. The molecule has 0 aliphatic rings. The number of ether oxygens (including phenoxy) is 1. The number of hydrogen-bond donors (Lipinski definition) is 1.